The van der Waals surface area contributed by atoms with Gasteiger partial charge in [-0.2, -0.15) is 0 Å². The van der Waals surface area contributed by atoms with Crippen molar-refractivity contribution in [2.45, 2.75) is 26.7 Å². The molecule has 3 aromatic rings. The van der Waals surface area contributed by atoms with E-state index in [2.05, 4.69) is 19.2 Å². The first-order valence-corrected chi connectivity index (χ1v) is 10.9. The number of amides is 1. The number of halogens is 1. The van der Waals surface area contributed by atoms with Crippen LogP contribution in [0, 0.1) is 5.82 Å². The number of ether oxygens (including phenoxy) is 1. The Morgan fingerprint density at radius 3 is 2.39 bits per heavy atom. The highest BCUT2D eigenvalue weighted by atomic mass is 32.1. The highest BCUT2D eigenvalue weighted by molar-refractivity contribution is 7.15. The van der Waals surface area contributed by atoms with Crippen molar-refractivity contribution in [1.29, 1.82) is 0 Å². The van der Waals surface area contributed by atoms with E-state index in [-0.39, 0.29) is 23.9 Å². The van der Waals surface area contributed by atoms with E-state index in [4.69, 9.17) is 4.74 Å². The molecule has 1 amide bonds. The molecule has 4 nitrogen and oxygen atoms in total. The molecule has 1 N–H and O–H groups in total. The van der Waals surface area contributed by atoms with Gasteiger partial charge in [0.05, 0.1) is 6.61 Å². The number of hydrogen-bond donors (Lipinski definition) is 1. The zero-order valence-corrected chi connectivity index (χ0v) is 18.5. The number of carbonyl (C=O) groups excluding carboxylic acids is 2. The van der Waals surface area contributed by atoms with E-state index in [1.807, 2.05) is 24.3 Å². The third-order valence-corrected chi connectivity index (χ3v) is 5.59. The number of benzene rings is 2. The summed E-state index contributed by atoms with van der Waals surface area (Å²) in [6.45, 7) is 6.17. The molecule has 2 aromatic carbocycles. The van der Waals surface area contributed by atoms with Gasteiger partial charge in [-0.25, -0.2) is 9.18 Å². The Balaban J connectivity index is 1.82. The lowest BCUT2D eigenvalue weighted by Gasteiger charge is -2.08. The minimum Gasteiger partial charge on any atom is -0.462 e. The summed E-state index contributed by atoms with van der Waals surface area (Å²) in [6, 6.07) is 13.8. The van der Waals surface area contributed by atoms with Crippen LogP contribution in [0.3, 0.4) is 0 Å². The second-order valence-electron chi connectivity index (χ2n) is 7.22. The molecule has 0 saturated carbocycles. The summed E-state index contributed by atoms with van der Waals surface area (Å²) >= 11 is 1.22. The van der Waals surface area contributed by atoms with E-state index in [0.717, 1.165) is 5.56 Å². The van der Waals surface area contributed by atoms with Crippen molar-refractivity contribution in [1.82, 2.24) is 0 Å². The average molecular weight is 438 g/mol. The quantitative estimate of drug-likeness (QED) is 0.339. The van der Waals surface area contributed by atoms with Gasteiger partial charge in [-0.3, -0.25) is 4.79 Å². The Morgan fingerprint density at radius 1 is 1.10 bits per heavy atom. The molecule has 1 heterocycles. The Morgan fingerprint density at radius 2 is 1.77 bits per heavy atom. The second kappa shape index (κ2) is 10.2. The Bertz CT molecular complexity index is 1080. The molecule has 0 aliphatic carbocycles. The smallest absolute Gasteiger partial charge is 0.341 e. The lowest BCUT2D eigenvalue weighted by Crippen LogP contribution is -2.12. The first kappa shape index (κ1) is 22.4. The summed E-state index contributed by atoms with van der Waals surface area (Å²) in [5.74, 6) is -0.814. The van der Waals surface area contributed by atoms with Crippen LogP contribution in [-0.4, -0.2) is 18.5 Å². The lowest BCUT2D eigenvalue weighted by molar-refractivity contribution is -0.111. The molecule has 1 aromatic heterocycles. The standard InChI is InChI=1S/C25H24FNO3S/c1-4-30-25(29)23-21(19-10-12-20(26)13-11-19)15-31-24(23)27-22(28)14-7-17-5-8-18(9-6-17)16(2)3/h5-16H,4H2,1-3H3,(H,27,28). The third kappa shape index (κ3) is 5.67. The van der Waals surface area contributed by atoms with Gasteiger partial charge in [0, 0.05) is 17.0 Å². The lowest BCUT2D eigenvalue weighted by atomic mass is 10.0. The fourth-order valence-corrected chi connectivity index (χ4v) is 3.98. The number of esters is 1. The molecular formula is C25H24FNO3S. The molecule has 0 aliphatic rings. The summed E-state index contributed by atoms with van der Waals surface area (Å²) in [4.78, 5) is 25.1. The van der Waals surface area contributed by atoms with Crippen molar-refractivity contribution in [3.05, 3.63) is 82.5 Å². The SMILES string of the molecule is CCOC(=O)c1c(-c2ccc(F)cc2)csc1NC(=O)C=Cc1ccc(C(C)C)cc1. The summed E-state index contributed by atoms with van der Waals surface area (Å²) in [5, 5.41) is 4.91. The number of thiophene rings is 1. The van der Waals surface area contributed by atoms with Gasteiger partial charge in [0.2, 0.25) is 5.91 Å². The Labute approximate surface area is 185 Å². The van der Waals surface area contributed by atoms with E-state index in [9.17, 15) is 14.0 Å². The number of hydrogen-bond acceptors (Lipinski definition) is 4. The van der Waals surface area contributed by atoms with Crippen LogP contribution in [0.1, 0.15) is 48.2 Å². The van der Waals surface area contributed by atoms with Gasteiger partial charge >= 0.3 is 5.97 Å². The number of carbonyl (C=O) groups is 2. The first-order valence-electron chi connectivity index (χ1n) is 10.0. The first-order chi connectivity index (χ1) is 14.9. The van der Waals surface area contributed by atoms with Crippen LogP contribution in [0.15, 0.2) is 60.0 Å². The van der Waals surface area contributed by atoms with Gasteiger partial charge in [0.25, 0.3) is 0 Å². The van der Waals surface area contributed by atoms with Crippen LogP contribution in [0.25, 0.3) is 17.2 Å². The molecule has 0 unspecified atom stereocenters. The predicted octanol–water partition coefficient (Wildman–Crippen LogP) is 6.51. The molecule has 0 fully saturated rings. The summed E-state index contributed by atoms with van der Waals surface area (Å²) in [5.41, 5.74) is 3.66. The van der Waals surface area contributed by atoms with Crippen molar-refractivity contribution in [2.24, 2.45) is 0 Å². The van der Waals surface area contributed by atoms with E-state index < -0.39 is 5.97 Å². The van der Waals surface area contributed by atoms with Gasteiger partial charge in [0.15, 0.2) is 0 Å². The molecule has 0 saturated heterocycles. The highest BCUT2D eigenvalue weighted by Gasteiger charge is 2.22. The van der Waals surface area contributed by atoms with Crippen molar-refractivity contribution in [2.75, 3.05) is 11.9 Å². The highest BCUT2D eigenvalue weighted by Crippen LogP contribution is 2.36. The maximum Gasteiger partial charge on any atom is 0.341 e. The molecule has 6 heteroatoms. The van der Waals surface area contributed by atoms with E-state index in [1.165, 1.54) is 35.1 Å². The largest absolute Gasteiger partial charge is 0.462 e. The maximum atomic E-state index is 13.3. The van der Waals surface area contributed by atoms with Crippen LogP contribution in [0.5, 0.6) is 0 Å². The minimum absolute atomic E-state index is 0.206. The maximum absolute atomic E-state index is 13.3. The number of anilines is 1. The molecule has 0 aliphatic heterocycles. The van der Waals surface area contributed by atoms with Crippen molar-refractivity contribution < 1.29 is 18.7 Å². The molecule has 0 atom stereocenters. The monoisotopic (exact) mass is 437 g/mol. The molecule has 160 valence electrons. The minimum atomic E-state index is -0.536. The van der Waals surface area contributed by atoms with Crippen LogP contribution in [-0.2, 0) is 9.53 Å². The average Bonchev–Trinajstić information content (AvgIpc) is 3.16. The number of rotatable bonds is 7. The van der Waals surface area contributed by atoms with Gasteiger partial charge < -0.3 is 10.1 Å². The zero-order chi connectivity index (χ0) is 22.4. The van der Waals surface area contributed by atoms with Gasteiger partial charge in [-0.05, 0) is 47.7 Å². The number of nitrogens with one attached hydrogen (secondary N) is 1. The molecule has 3 rings (SSSR count). The van der Waals surface area contributed by atoms with Crippen LogP contribution >= 0.6 is 11.3 Å². The summed E-state index contributed by atoms with van der Waals surface area (Å²) in [6.07, 6.45) is 3.15. The summed E-state index contributed by atoms with van der Waals surface area (Å²) in [7, 11) is 0. The van der Waals surface area contributed by atoms with E-state index >= 15 is 0 Å². The molecule has 0 bridgehead atoms. The molecular weight excluding hydrogens is 413 g/mol. The fraction of sp³-hybridized carbons (Fsp3) is 0.200. The van der Waals surface area contributed by atoms with Gasteiger partial charge in [0.1, 0.15) is 16.4 Å². The van der Waals surface area contributed by atoms with E-state index in [0.29, 0.717) is 22.0 Å². The van der Waals surface area contributed by atoms with Crippen molar-refractivity contribution >= 4 is 34.3 Å². The Kier molecular flexibility index (Phi) is 7.36. The molecule has 0 radical (unpaired) electrons. The zero-order valence-electron chi connectivity index (χ0n) is 17.6. The van der Waals surface area contributed by atoms with Gasteiger partial charge in [-0.1, -0.05) is 50.2 Å². The van der Waals surface area contributed by atoms with Crippen LogP contribution in [0.2, 0.25) is 0 Å². The Hall–Kier alpha value is -3.25. The second-order valence-corrected chi connectivity index (χ2v) is 8.10. The summed E-state index contributed by atoms with van der Waals surface area (Å²) < 4.78 is 18.5. The van der Waals surface area contributed by atoms with Crippen LogP contribution in [0.4, 0.5) is 9.39 Å². The van der Waals surface area contributed by atoms with Crippen molar-refractivity contribution in [3.63, 3.8) is 0 Å². The normalized spacial score (nSPS) is 11.1. The van der Waals surface area contributed by atoms with Gasteiger partial charge in [-0.15, -0.1) is 11.3 Å². The van der Waals surface area contributed by atoms with E-state index in [1.54, 1.807) is 30.5 Å². The molecule has 31 heavy (non-hydrogen) atoms. The third-order valence-electron chi connectivity index (χ3n) is 4.69. The topological polar surface area (TPSA) is 55.4 Å². The van der Waals surface area contributed by atoms with Crippen molar-refractivity contribution in [3.8, 4) is 11.1 Å². The predicted molar refractivity (Wildman–Crippen MR) is 124 cm³/mol. The fourth-order valence-electron chi connectivity index (χ4n) is 3.02. The molecule has 0 spiro atoms. The van der Waals surface area contributed by atoms with Crippen LogP contribution < -0.4 is 5.32 Å².